The van der Waals surface area contributed by atoms with Crippen LogP contribution in [0.1, 0.15) is 39.0 Å². The first-order chi connectivity index (χ1) is 9.36. The Morgan fingerprint density at radius 3 is 2.45 bits per heavy atom. The van der Waals surface area contributed by atoms with Crippen LogP contribution in [0.3, 0.4) is 0 Å². The van der Waals surface area contributed by atoms with Crippen LogP contribution in [-0.2, 0) is 5.41 Å². The van der Waals surface area contributed by atoms with Crippen molar-refractivity contribution >= 4 is 22.2 Å². The molecule has 2 rings (SSSR count). The molecule has 5 heteroatoms. The Bertz CT molecular complexity index is 609. The molecule has 0 unspecified atom stereocenters. The lowest BCUT2D eigenvalue weighted by molar-refractivity contribution is 0.573. The second-order valence-electron chi connectivity index (χ2n) is 5.60. The quantitative estimate of drug-likeness (QED) is 0.671. The second-order valence-corrected chi connectivity index (χ2v) is 6.46. The lowest BCUT2D eigenvalue weighted by Gasteiger charge is -2.13. The van der Waals surface area contributed by atoms with Crippen molar-refractivity contribution < 1.29 is 4.39 Å². The Labute approximate surface area is 122 Å². The molecule has 0 aliphatic carbocycles. The topological polar surface area (TPSA) is 37.3 Å². The standard InChI is InChI=1S/C15H18FN3S/c1-10(11-5-7-12(16)8-6-11)18-19-14-17-13(9-20-14)15(2,3)4/h5-9H,1-4H3,(H,17,19)/b18-10+. The van der Waals surface area contributed by atoms with Gasteiger partial charge in [-0.15, -0.1) is 11.3 Å². The molecule has 0 radical (unpaired) electrons. The number of thiazole rings is 1. The fourth-order valence-electron chi connectivity index (χ4n) is 1.56. The molecule has 0 atom stereocenters. The number of nitrogens with one attached hydrogen (secondary N) is 1. The van der Waals surface area contributed by atoms with Gasteiger partial charge in [-0.3, -0.25) is 5.43 Å². The maximum Gasteiger partial charge on any atom is 0.203 e. The van der Waals surface area contributed by atoms with Crippen molar-refractivity contribution in [1.82, 2.24) is 4.98 Å². The van der Waals surface area contributed by atoms with Crippen LogP contribution in [0.4, 0.5) is 9.52 Å². The minimum atomic E-state index is -0.246. The molecule has 0 bridgehead atoms. The van der Waals surface area contributed by atoms with Crippen LogP contribution in [0, 0.1) is 5.82 Å². The maximum absolute atomic E-state index is 12.9. The zero-order valence-electron chi connectivity index (χ0n) is 12.1. The number of hydrazone groups is 1. The van der Waals surface area contributed by atoms with Gasteiger partial charge in [0.2, 0.25) is 5.13 Å². The van der Waals surface area contributed by atoms with Gasteiger partial charge in [-0.05, 0) is 24.6 Å². The molecule has 0 spiro atoms. The van der Waals surface area contributed by atoms with Crippen LogP contribution >= 0.6 is 11.3 Å². The third kappa shape index (κ3) is 3.63. The summed E-state index contributed by atoms with van der Waals surface area (Å²) in [5.41, 5.74) is 5.70. The predicted molar refractivity (Wildman–Crippen MR) is 83.0 cm³/mol. The van der Waals surface area contributed by atoms with E-state index in [9.17, 15) is 4.39 Å². The zero-order chi connectivity index (χ0) is 14.8. The fraction of sp³-hybridized carbons (Fsp3) is 0.333. The molecule has 0 aliphatic rings. The van der Waals surface area contributed by atoms with E-state index in [4.69, 9.17) is 0 Å². The molecule has 1 heterocycles. The van der Waals surface area contributed by atoms with Crippen molar-refractivity contribution in [2.24, 2.45) is 5.10 Å². The van der Waals surface area contributed by atoms with E-state index in [2.05, 4.69) is 36.3 Å². The van der Waals surface area contributed by atoms with E-state index in [0.717, 1.165) is 22.1 Å². The number of benzene rings is 1. The van der Waals surface area contributed by atoms with E-state index in [1.165, 1.54) is 23.5 Å². The highest BCUT2D eigenvalue weighted by Gasteiger charge is 2.17. The van der Waals surface area contributed by atoms with Crippen molar-refractivity contribution in [2.75, 3.05) is 5.43 Å². The summed E-state index contributed by atoms with van der Waals surface area (Å²) in [7, 11) is 0. The van der Waals surface area contributed by atoms with Gasteiger partial charge < -0.3 is 0 Å². The summed E-state index contributed by atoms with van der Waals surface area (Å²) in [4.78, 5) is 4.50. The summed E-state index contributed by atoms with van der Waals surface area (Å²) < 4.78 is 12.9. The molecule has 0 saturated heterocycles. The monoisotopic (exact) mass is 291 g/mol. The summed E-state index contributed by atoms with van der Waals surface area (Å²) in [6.45, 7) is 8.25. The first kappa shape index (κ1) is 14.7. The van der Waals surface area contributed by atoms with E-state index < -0.39 is 0 Å². The minimum absolute atomic E-state index is 0.0339. The normalized spacial score (nSPS) is 12.6. The number of anilines is 1. The van der Waals surface area contributed by atoms with Crippen molar-refractivity contribution in [1.29, 1.82) is 0 Å². The van der Waals surface area contributed by atoms with Gasteiger partial charge in [0.15, 0.2) is 0 Å². The third-order valence-electron chi connectivity index (χ3n) is 2.85. The number of halogens is 1. The van der Waals surface area contributed by atoms with Gasteiger partial charge in [-0.1, -0.05) is 32.9 Å². The minimum Gasteiger partial charge on any atom is -0.252 e. The van der Waals surface area contributed by atoms with Crippen LogP contribution in [-0.4, -0.2) is 10.7 Å². The van der Waals surface area contributed by atoms with Crippen molar-refractivity contribution in [3.05, 3.63) is 46.7 Å². The molecular formula is C15H18FN3S. The summed E-state index contributed by atoms with van der Waals surface area (Å²) >= 11 is 1.53. The Morgan fingerprint density at radius 1 is 1.25 bits per heavy atom. The second kappa shape index (κ2) is 5.71. The summed E-state index contributed by atoms with van der Waals surface area (Å²) in [6, 6.07) is 6.27. The van der Waals surface area contributed by atoms with E-state index in [1.807, 2.05) is 12.3 Å². The van der Waals surface area contributed by atoms with Crippen molar-refractivity contribution in [3.63, 3.8) is 0 Å². The maximum atomic E-state index is 12.9. The van der Waals surface area contributed by atoms with E-state index in [-0.39, 0.29) is 11.2 Å². The smallest absolute Gasteiger partial charge is 0.203 e. The van der Waals surface area contributed by atoms with Gasteiger partial charge in [-0.25, -0.2) is 9.37 Å². The molecule has 0 amide bonds. The molecule has 0 fully saturated rings. The zero-order valence-corrected chi connectivity index (χ0v) is 12.9. The van der Waals surface area contributed by atoms with Gasteiger partial charge in [0.25, 0.3) is 0 Å². The fourth-order valence-corrected chi connectivity index (χ4v) is 2.44. The van der Waals surface area contributed by atoms with E-state index in [1.54, 1.807) is 12.1 Å². The van der Waals surface area contributed by atoms with Gasteiger partial charge in [0.05, 0.1) is 11.4 Å². The molecule has 106 valence electrons. The number of nitrogens with zero attached hydrogens (tertiary/aromatic N) is 2. The summed E-state index contributed by atoms with van der Waals surface area (Å²) in [5, 5.41) is 7.08. The van der Waals surface area contributed by atoms with Gasteiger partial charge in [0.1, 0.15) is 5.82 Å². The van der Waals surface area contributed by atoms with Gasteiger partial charge in [0, 0.05) is 10.8 Å². The number of aromatic nitrogens is 1. The average Bonchev–Trinajstić information content (AvgIpc) is 2.85. The number of rotatable bonds is 3. The summed E-state index contributed by atoms with van der Waals surface area (Å²) in [6.07, 6.45) is 0. The lowest BCUT2D eigenvalue weighted by Crippen LogP contribution is -2.11. The molecule has 1 N–H and O–H groups in total. The van der Waals surface area contributed by atoms with Crippen LogP contribution in [0.2, 0.25) is 0 Å². The highest BCUT2D eigenvalue weighted by Crippen LogP contribution is 2.26. The molecule has 3 nitrogen and oxygen atoms in total. The Hall–Kier alpha value is -1.75. The van der Waals surface area contributed by atoms with Crippen LogP contribution in [0.5, 0.6) is 0 Å². The third-order valence-corrected chi connectivity index (χ3v) is 3.60. The molecule has 2 aromatic rings. The first-order valence-electron chi connectivity index (χ1n) is 6.38. The average molecular weight is 291 g/mol. The Morgan fingerprint density at radius 2 is 1.90 bits per heavy atom. The summed E-state index contributed by atoms with van der Waals surface area (Å²) in [5.74, 6) is -0.246. The predicted octanol–water partition coefficient (Wildman–Crippen LogP) is 4.42. The molecule has 0 saturated carbocycles. The van der Waals surface area contributed by atoms with Crippen molar-refractivity contribution in [3.8, 4) is 0 Å². The Kier molecular flexibility index (Phi) is 4.18. The Balaban J connectivity index is 2.09. The number of hydrogen-bond donors (Lipinski definition) is 1. The van der Waals surface area contributed by atoms with Gasteiger partial charge >= 0.3 is 0 Å². The highest BCUT2D eigenvalue weighted by atomic mass is 32.1. The first-order valence-corrected chi connectivity index (χ1v) is 7.26. The van der Waals surface area contributed by atoms with E-state index in [0.29, 0.717) is 0 Å². The number of hydrogen-bond acceptors (Lipinski definition) is 4. The van der Waals surface area contributed by atoms with Crippen LogP contribution < -0.4 is 5.43 Å². The van der Waals surface area contributed by atoms with Gasteiger partial charge in [-0.2, -0.15) is 5.10 Å². The molecule has 20 heavy (non-hydrogen) atoms. The van der Waals surface area contributed by atoms with E-state index >= 15 is 0 Å². The SMILES string of the molecule is C/C(=N\Nc1nc(C(C)(C)C)cs1)c1ccc(F)cc1. The van der Waals surface area contributed by atoms with Crippen molar-refractivity contribution in [2.45, 2.75) is 33.1 Å². The molecule has 1 aromatic heterocycles. The van der Waals surface area contributed by atoms with Crippen LogP contribution in [0.25, 0.3) is 0 Å². The largest absolute Gasteiger partial charge is 0.252 e. The molecule has 1 aromatic carbocycles. The molecular weight excluding hydrogens is 273 g/mol. The lowest BCUT2D eigenvalue weighted by atomic mass is 9.93. The van der Waals surface area contributed by atoms with Crippen LogP contribution in [0.15, 0.2) is 34.7 Å². The highest BCUT2D eigenvalue weighted by molar-refractivity contribution is 7.13. The molecule has 0 aliphatic heterocycles.